The summed E-state index contributed by atoms with van der Waals surface area (Å²) in [5, 5.41) is 22.1. The number of amides is 1. The van der Waals surface area contributed by atoms with Gasteiger partial charge in [-0.3, -0.25) is 14.7 Å². The van der Waals surface area contributed by atoms with E-state index in [2.05, 4.69) is 10.2 Å². The van der Waals surface area contributed by atoms with Crippen LogP contribution in [0.4, 0.5) is 13.2 Å². The second kappa shape index (κ2) is 8.93. The molecule has 1 amide bonds. The normalized spacial score (nSPS) is 11.7. The van der Waals surface area contributed by atoms with Crippen LogP contribution in [0.3, 0.4) is 0 Å². The van der Waals surface area contributed by atoms with Gasteiger partial charge >= 0.3 is 6.18 Å². The summed E-state index contributed by atoms with van der Waals surface area (Å²) in [6.45, 7) is 0.296. The van der Waals surface area contributed by atoms with E-state index in [4.69, 9.17) is 10.3 Å². The standard InChI is InChI=1S/C25H19F3N6O2/c1-33-29-20-11-8-18(12-22(20)30-33)21-13-23(16-6-9-19(10-7-16)25(26,27)28)34(31-21)14-15-2-4-17(5-3-15)24(35)32-36/h2-13,36H,14H2,1H3,(H,32,35). The molecule has 0 saturated carbocycles. The van der Waals surface area contributed by atoms with Crippen LogP contribution in [-0.4, -0.2) is 35.9 Å². The van der Waals surface area contributed by atoms with E-state index < -0.39 is 17.6 Å². The molecule has 5 aromatic rings. The molecule has 0 spiro atoms. The summed E-state index contributed by atoms with van der Waals surface area (Å²) in [4.78, 5) is 13.1. The predicted octanol–water partition coefficient (Wildman–Crippen LogP) is 4.68. The highest BCUT2D eigenvalue weighted by Crippen LogP contribution is 2.33. The van der Waals surface area contributed by atoms with Gasteiger partial charge in [-0.05, 0) is 53.6 Å². The van der Waals surface area contributed by atoms with Crippen LogP contribution in [0.25, 0.3) is 33.5 Å². The lowest BCUT2D eigenvalue weighted by Crippen LogP contribution is -2.18. The Morgan fingerprint density at radius 3 is 2.22 bits per heavy atom. The first kappa shape index (κ1) is 23.2. The summed E-state index contributed by atoms with van der Waals surface area (Å²) in [6, 6.07) is 18.8. The van der Waals surface area contributed by atoms with Gasteiger partial charge in [-0.2, -0.15) is 33.3 Å². The zero-order valence-electron chi connectivity index (χ0n) is 18.9. The molecule has 0 unspecified atom stereocenters. The lowest BCUT2D eigenvalue weighted by atomic mass is 10.1. The van der Waals surface area contributed by atoms with Crippen LogP contribution < -0.4 is 5.48 Å². The molecule has 8 nitrogen and oxygen atoms in total. The van der Waals surface area contributed by atoms with Crippen molar-refractivity contribution in [2.24, 2.45) is 7.05 Å². The average molecular weight is 492 g/mol. The quantitative estimate of drug-likeness (QED) is 0.274. The molecule has 0 fully saturated rings. The number of hydrogen-bond donors (Lipinski definition) is 2. The van der Waals surface area contributed by atoms with Gasteiger partial charge in [-0.25, -0.2) is 5.48 Å². The Hall–Kier alpha value is -4.51. The maximum Gasteiger partial charge on any atom is 0.416 e. The minimum Gasteiger partial charge on any atom is -0.288 e. The molecule has 0 aliphatic rings. The second-order valence-electron chi connectivity index (χ2n) is 8.18. The highest BCUT2D eigenvalue weighted by molar-refractivity contribution is 5.93. The van der Waals surface area contributed by atoms with Crippen LogP contribution in [0.5, 0.6) is 0 Å². The third kappa shape index (κ3) is 4.56. The number of alkyl halides is 3. The number of carbonyl (C=O) groups excluding carboxylic acids is 1. The van der Waals surface area contributed by atoms with Crippen molar-refractivity contribution in [1.29, 1.82) is 0 Å². The first-order valence-electron chi connectivity index (χ1n) is 10.8. The zero-order valence-corrected chi connectivity index (χ0v) is 18.9. The highest BCUT2D eigenvalue weighted by atomic mass is 19.4. The number of carbonyl (C=O) groups is 1. The zero-order chi connectivity index (χ0) is 25.4. The van der Waals surface area contributed by atoms with Gasteiger partial charge in [0.2, 0.25) is 0 Å². The fourth-order valence-electron chi connectivity index (χ4n) is 3.92. The van der Waals surface area contributed by atoms with Crippen molar-refractivity contribution >= 4 is 16.9 Å². The first-order chi connectivity index (χ1) is 17.2. The third-order valence-corrected chi connectivity index (χ3v) is 5.71. The first-order valence-corrected chi connectivity index (χ1v) is 10.8. The number of hydrogen-bond acceptors (Lipinski definition) is 5. The molecule has 5 rings (SSSR count). The number of rotatable bonds is 5. The van der Waals surface area contributed by atoms with Gasteiger partial charge in [0.1, 0.15) is 11.0 Å². The lowest BCUT2D eigenvalue weighted by Gasteiger charge is -2.10. The molecular formula is C25H19F3N6O2. The van der Waals surface area contributed by atoms with Crippen molar-refractivity contribution in [2.75, 3.05) is 0 Å². The van der Waals surface area contributed by atoms with Crippen molar-refractivity contribution in [3.8, 4) is 22.5 Å². The molecule has 2 heterocycles. The van der Waals surface area contributed by atoms with E-state index in [9.17, 15) is 18.0 Å². The molecule has 11 heteroatoms. The fraction of sp³-hybridized carbons (Fsp3) is 0.120. The molecule has 0 radical (unpaired) electrons. The highest BCUT2D eigenvalue weighted by Gasteiger charge is 2.30. The van der Waals surface area contributed by atoms with Crippen molar-refractivity contribution in [1.82, 2.24) is 30.3 Å². The molecule has 182 valence electrons. The van der Waals surface area contributed by atoms with E-state index in [1.807, 2.05) is 24.3 Å². The lowest BCUT2D eigenvalue weighted by molar-refractivity contribution is -0.137. The molecule has 2 aromatic heterocycles. The third-order valence-electron chi connectivity index (χ3n) is 5.71. The van der Waals surface area contributed by atoms with Crippen molar-refractivity contribution in [3.05, 3.63) is 89.5 Å². The van der Waals surface area contributed by atoms with Gasteiger partial charge in [0.25, 0.3) is 5.91 Å². The van der Waals surface area contributed by atoms with E-state index in [1.165, 1.54) is 16.9 Å². The summed E-state index contributed by atoms with van der Waals surface area (Å²) >= 11 is 0. The number of halogens is 3. The van der Waals surface area contributed by atoms with E-state index in [1.54, 1.807) is 41.5 Å². The smallest absolute Gasteiger partial charge is 0.288 e. The Bertz CT molecular complexity index is 1550. The summed E-state index contributed by atoms with van der Waals surface area (Å²) in [5.74, 6) is -0.632. The predicted molar refractivity (Wildman–Crippen MR) is 125 cm³/mol. The summed E-state index contributed by atoms with van der Waals surface area (Å²) in [6.07, 6.45) is -4.43. The minimum atomic E-state index is -4.43. The maximum absolute atomic E-state index is 13.1. The van der Waals surface area contributed by atoms with Gasteiger partial charge in [0, 0.05) is 18.2 Å². The Kier molecular flexibility index (Phi) is 5.77. The van der Waals surface area contributed by atoms with Gasteiger partial charge in [0.15, 0.2) is 0 Å². The SMILES string of the molecule is Cn1nc2ccc(-c3cc(-c4ccc(C(F)(F)F)cc4)n(Cc4ccc(C(=O)NO)cc4)n3)cc2n1. The summed E-state index contributed by atoms with van der Waals surface area (Å²) in [7, 11) is 1.73. The summed E-state index contributed by atoms with van der Waals surface area (Å²) < 4.78 is 40.9. The van der Waals surface area contributed by atoms with E-state index >= 15 is 0 Å². The molecule has 0 aliphatic heterocycles. The molecule has 0 saturated heterocycles. The minimum absolute atomic E-state index is 0.280. The van der Waals surface area contributed by atoms with Crippen LogP contribution >= 0.6 is 0 Å². The molecule has 36 heavy (non-hydrogen) atoms. The van der Waals surface area contributed by atoms with E-state index in [-0.39, 0.29) is 5.56 Å². The molecule has 2 N–H and O–H groups in total. The molecule has 3 aromatic carbocycles. The van der Waals surface area contributed by atoms with Gasteiger partial charge < -0.3 is 0 Å². The molecular weight excluding hydrogens is 473 g/mol. The number of nitrogens with one attached hydrogen (secondary N) is 1. The van der Waals surface area contributed by atoms with Crippen molar-refractivity contribution in [3.63, 3.8) is 0 Å². The number of aromatic nitrogens is 5. The van der Waals surface area contributed by atoms with Crippen LogP contribution in [0.2, 0.25) is 0 Å². The topological polar surface area (TPSA) is 97.9 Å². The Morgan fingerprint density at radius 1 is 0.889 bits per heavy atom. The molecule has 0 bridgehead atoms. The largest absolute Gasteiger partial charge is 0.416 e. The second-order valence-corrected chi connectivity index (χ2v) is 8.18. The number of benzene rings is 3. The Morgan fingerprint density at radius 2 is 1.56 bits per heavy atom. The number of fused-ring (bicyclic) bond motifs is 1. The number of aryl methyl sites for hydroxylation is 1. The fourth-order valence-corrected chi connectivity index (χ4v) is 3.92. The monoisotopic (exact) mass is 492 g/mol. The van der Waals surface area contributed by atoms with E-state index in [0.717, 1.165) is 28.8 Å². The number of hydroxylamine groups is 1. The van der Waals surface area contributed by atoms with Crippen LogP contribution in [0, 0.1) is 0 Å². The van der Waals surface area contributed by atoms with Crippen LogP contribution in [0.1, 0.15) is 21.5 Å². The van der Waals surface area contributed by atoms with Crippen molar-refractivity contribution < 1.29 is 23.2 Å². The van der Waals surface area contributed by atoms with Gasteiger partial charge in [-0.15, -0.1) is 0 Å². The average Bonchev–Trinajstić information content (AvgIpc) is 3.45. The number of nitrogens with zero attached hydrogens (tertiary/aromatic N) is 5. The van der Waals surface area contributed by atoms with Crippen LogP contribution in [-0.2, 0) is 19.8 Å². The van der Waals surface area contributed by atoms with Gasteiger partial charge in [0.05, 0.1) is 23.5 Å². The Balaban J connectivity index is 1.55. The van der Waals surface area contributed by atoms with Crippen molar-refractivity contribution in [2.45, 2.75) is 12.7 Å². The van der Waals surface area contributed by atoms with Crippen LogP contribution in [0.15, 0.2) is 72.8 Å². The molecule has 0 atom stereocenters. The van der Waals surface area contributed by atoms with E-state index in [0.29, 0.717) is 29.0 Å². The van der Waals surface area contributed by atoms with Gasteiger partial charge in [-0.1, -0.05) is 30.3 Å². The summed E-state index contributed by atoms with van der Waals surface area (Å²) in [5.41, 5.74) is 5.95. The Labute approximate surface area is 202 Å². The molecule has 0 aliphatic carbocycles. The maximum atomic E-state index is 13.1.